The van der Waals surface area contributed by atoms with Crippen molar-refractivity contribution in [1.29, 1.82) is 0 Å². The van der Waals surface area contributed by atoms with Crippen LogP contribution in [-0.2, 0) is 27.3 Å². The molecule has 0 fully saturated rings. The quantitative estimate of drug-likeness (QED) is 0.254. The maximum Gasteiger partial charge on any atom is 0.407 e. The number of ether oxygens (including phenoxy) is 4. The van der Waals surface area contributed by atoms with E-state index in [1.165, 1.54) is 7.11 Å². The Bertz CT molecular complexity index is 1440. The number of methoxy groups -OCH3 is 2. The lowest BCUT2D eigenvalue weighted by Gasteiger charge is -2.20. The van der Waals surface area contributed by atoms with Crippen molar-refractivity contribution >= 4 is 12.1 Å². The molecule has 1 unspecified atom stereocenters. The highest BCUT2D eigenvalue weighted by Crippen LogP contribution is 2.44. The molecule has 1 aliphatic carbocycles. The van der Waals surface area contributed by atoms with Gasteiger partial charge in [0.1, 0.15) is 30.8 Å². The first-order valence-electron chi connectivity index (χ1n) is 13.1. The Morgan fingerprint density at radius 3 is 2.08 bits per heavy atom. The van der Waals surface area contributed by atoms with Crippen LogP contribution < -0.4 is 14.8 Å². The van der Waals surface area contributed by atoms with Crippen molar-refractivity contribution < 1.29 is 28.5 Å². The van der Waals surface area contributed by atoms with Crippen LogP contribution in [0.1, 0.15) is 28.2 Å². The molecule has 40 heavy (non-hydrogen) atoms. The summed E-state index contributed by atoms with van der Waals surface area (Å²) < 4.78 is 22.0. The standard InChI is InChI=1S/C33H31NO6/c1-37-24-17-16-23(31(19-24)38-2)20-39-32(35)30(18-22-10-4-3-5-11-22)34-33(36)40-21-29-27-14-8-6-12-25(27)26-13-7-9-15-28(26)29/h3-17,19,29-30H,18,20-21H2,1-2H3,(H,34,36). The average molecular weight is 538 g/mol. The van der Waals surface area contributed by atoms with Crippen molar-refractivity contribution in [1.82, 2.24) is 5.32 Å². The zero-order chi connectivity index (χ0) is 27.9. The highest BCUT2D eigenvalue weighted by molar-refractivity contribution is 5.82. The maximum absolute atomic E-state index is 13.2. The van der Waals surface area contributed by atoms with Gasteiger partial charge in [-0.25, -0.2) is 9.59 Å². The van der Waals surface area contributed by atoms with E-state index in [2.05, 4.69) is 29.6 Å². The van der Waals surface area contributed by atoms with Crippen LogP contribution in [0.3, 0.4) is 0 Å². The second-order valence-electron chi connectivity index (χ2n) is 9.50. The number of hydrogen-bond acceptors (Lipinski definition) is 6. The molecule has 1 atom stereocenters. The summed E-state index contributed by atoms with van der Waals surface area (Å²) in [6.07, 6.45) is -0.425. The fourth-order valence-corrected chi connectivity index (χ4v) is 5.05. The largest absolute Gasteiger partial charge is 0.497 e. The molecule has 1 amide bonds. The van der Waals surface area contributed by atoms with Gasteiger partial charge in [0.2, 0.25) is 0 Å². The zero-order valence-corrected chi connectivity index (χ0v) is 22.5. The van der Waals surface area contributed by atoms with Crippen molar-refractivity contribution in [2.24, 2.45) is 0 Å². The Kier molecular flexibility index (Phi) is 8.30. The molecule has 4 aromatic carbocycles. The first-order valence-corrected chi connectivity index (χ1v) is 13.1. The van der Waals surface area contributed by atoms with Crippen LogP contribution in [0.15, 0.2) is 97.1 Å². The van der Waals surface area contributed by atoms with Gasteiger partial charge in [0.05, 0.1) is 14.2 Å². The first kappa shape index (κ1) is 26.8. The normalized spacial score (nSPS) is 12.6. The van der Waals surface area contributed by atoms with Gasteiger partial charge in [0, 0.05) is 24.0 Å². The van der Waals surface area contributed by atoms with Crippen molar-refractivity contribution in [3.05, 3.63) is 119 Å². The van der Waals surface area contributed by atoms with E-state index in [1.807, 2.05) is 54.6 Å². The van der Waals surface area contributed by atoms with Crippen LogP contribution in [0, 0.1) is 0 Å². The predicted molar refractivity (Wildman–Crippen MR) is 151 cm³/mol. The van der Waals surface area contributed by atoms with Gasteiger partial charge < -0.3 is 24.3 Å². The first-order chi connectivity index (χ1) is 19.6. The summed E-state index contributed by atoms with van der Waals surface area (Å²) in [5, 5.41) is 2.73. The van der Waals surface area contributed by atoms with Gasteiger partial charge in [-0.05, 0) is 39.9 Å². The smallest absolute Gasteiger partial charge is 0.407 e. The zero-order valence-electron chi connectivity index (χ0n) is 22.5. The third kappa shape index (κ3) is 5.94. The number of rotatable bonds is 10. The lowest BCUT2D eigenvalue weighted by molar-refractivity contribution is -0.147. The molecule has 0 bridgehead atoms. The van der Waals surface area contributed by atoms with Crippen molar-refractivity contribution in [2.75, 3.05) is 20.8 Å². The van der Waals surface area contributed by atoms with E-state index in [4.69, 9.17) is 18.9 Å². The molecule has 0 heterocycles. The Morgan fingerprint density at radius 1 is 0.775 bits per heavy atom. The Balaban J connectivity index is 1.27. The summed E-state index contributed by atoms with van der Waals surface area (Å²) in [4.78, 5) is 26.2. The van der Waals surface area contributed by atoms with Crippen molar-refractivity contribution in [2.45, 2.75) is 25.0 Å². The molecular weight excluding hydrogens is 506 g/mol. The molecule has 0 radical (unpaired) electrons. The van der Waals surface area contributed by atoms with Gasteiger partial charge in [0.15, 0.2) is 0 Å². The molecule has 4 aromatic rings. The molecule has 0 spiro atoms. The molecule has 1 N–H and O–H groups in total. The van der Waals surface area contributed by atoms with Gasteiger partial charge in [-0.1, -0.05) is 78.9 Å². The Labute approximate surface area is 233 Å². The summed E-state index contributed by atoms with van der Waals surface area (Å²) >= 11 is 0. The highest BCUT2D eigenvalue weighted by Gasteiger charge is 2.30. The predicted octanol–water partition coefficient (Wildman–Crippen LogP) is 5.90. The minimum atomic E-state index is -0.942. The van der Waals surface area contributed by atoms with Crippen LogP contribution in [0.4, 0.5) is 4.79 Å². The van der Waals surface area contributed by atoms with Crippen LogP contribution >= 0.6 is 0 Å². The van der Waals surface area contributed by atoms with Crippen LogP contribution in [0.25, 0.3) is 11.1 Å². The fraction of sp³-hybridized carbons (Fsp3) is 0.212. The number of esters is 1. The fourth-order valence-electron chi connectivity index (χ4n) is 5.05. The molecule has 7 nitrogen and oxygen atoms in total. The molecule has 0 saturated carbocycles. The number of alkyl carbamates (subject to hydrolysis) is 1. The monoisotopic (exact) mass is 537 g/mol. The lowest BCUT2D eigenvalue weighted by Crippen LogP contribution is -2.43. The summed E-state index contributed by atoms with van der Waals surface area (Å²) in [6, 6.07) is 30.0. The third-order valence-corrected chi connectivity index (χ3v) is 7.07. The highest BCUT2D eigenvalue weighted by atomic mass is 16.6. The third-order valence-electron chi connectivity index (χ3n) is 7.07. The molecule has 0 aromatic heterocycles. The van der Waals surface area contributed by atoms with E-state index in [0.29, 0.717) is 17.1 Å². The molecule has 7 heteroatoms. The maximum atomic E-state index is 13.2. The molecular formula is C33H31NO6. The average Bonchev–Trinajstić information content (AvgIpc) is 3.32. The van der Waals surface area contributed by atoms with Gasteiger partial charge >= 0.3 is 12.1 Å². The summed E-state index contributed by atoms with van der Waals surface area (Å²) in [6.45, 7) is 0.125. The number of nitrogens with one attached hydrogen (secondary N) is 1. The minimum Gasteiger partial charge on any atom is -0.497 e. The lowest BCUT2D eigenvalue weighted by atomic mass is 9.98. The second-order valence-corrected chi connectivity index (χ2v) is 9.50. The Hall–Kier alpha value is -4.78. The topological polar surface area (TPSA) is 83.1 Å². The van der Waals surface area contributed by atoms with E-state index in [-0.39, 0.29) is 25.6 Å². The number of amides is 1. The van der Waals surface area contributed by atoms with Gasteiger partial charge in [0.25, 0.3) is 0 Å². The van der Waals surface area contributed by atoms with E-state index in [9.17, 15) is 9.59 Å². The second kappa shape index (κ2) is 12.4. The number of carbonyl (C=O) groups is 2. The summed E-state index contributed by atoms with van der Waals surface area (Å²) in [5.74, 6) is 0.512. The number of carbonyl (C=O) groups excluding carboxylic acids is 2. The molecule has 0 aliphatic heterocycles. The summed E-state index contributed by atoms with van der Waals surface area (Å²) in [7, 11) is 3.11. The molecule has 1 aliphatic rings. The summed E-state index contributed by atoms with van der Waals surface area (Å²) in [5.41, 5.74) is 6.08. The Morgan fingerprint density at radius 2 is 1.43 bits per heavy atom. The molecule has 204 valence electrons. The number of fused-ring (bicyclic) bond motifs is 3. The van der Waals surface area contributed by atoms with Crippen LogP contribution in [0.2, 0.25) is 0 Å². The minimum absolute atomic E-state index is 0.0241. The van der Waals surface area contributed by atoms with E-state index >= 15 is 0 Å². The SMILES string of the molecule is COc1ccc(COC(=O)C(Cc2ccccc2)NC(=O)OCC2c3ccccc3-c3ccccc32)c(OC)c1. The van der Waals surface area contributed by atoms with Gasteiger partial charge in [-0.2, -0.15) is 0 Å². The van der Waals surface area contributed by atoms with Crippen LogP contribution in [-0.4, -0.2) is 38.9 Å². The molecule has 5 rings (SSSR count). The van der Waals surface area contributed by atoms with Gasteiger partial charge in [-0.3, -0.25) is 0 Å². The number of hydrogen-bond donors (Lipinski definition) is 1. The molecule has 0 saturated heterocycles. The van der Waals surface area contributed by atoms with Crippen LogP contribution in [0.5, 0.6) is 11.5 Å². The number of benzene rings is 4. The van der Waals surface area contributed by atoms with E-state index < -0.39 is 18.1 Å². The van der Waals surface area contributed by atoms with Gasteiger partial charge in [-0.15, -0.1) is 0 Å². The van der Waals surface area contributed by atoms with E-state index in [0.717, 1.165) is 27.8 Å². The van der Waals surface area contributed by atoms with E-state index in [1.54, 1.807) is 25.3 Å². The van der Waals surface area contributed by atoms with Crippen molar-refractivity contribution in [3.63, 3.8) is 0 Å². The van der Waals surface area contributed by atoms with Crippen molar-refractivity contribution in [3.8, 4) is 22.6 Å².